The first-order valence-corrected chi connectivity index (χ1v) is 9.56. The normalized spacial score (nSPS) is 10.2. The molecule has 4 N–H and O–H groups in total. The van der Waals surface area contributed by atoms with Crippen LogP contribution >= 0.6 is 23.8 Å². The Balaban J connectivity index is 1.75. The Morgan fingerprint density at radius 3 is 2.40 bits per heavy atom. The van der Waals surface area contributed by atoms with E-state index in [0.717, 1.165) is 11.3 Å². The van der Waals surface area contributed by atoms with Crippen LogP contribution in [0.15, 0.2) is 54.7 Å². The predicted molar refractivity (Wildman–Crippen MR) is 123 cm³/mol. The number of rotatable bonds is 6. The van der Waals surface area contributed by atoms with E-state index in [1.54, 1.807) is 31.4 Å². The molecule has 154 valence electrons. The van der Waals surface area contributed by atoms with Crippen LogP contribution in [0.25, 0.3) is 11.1 Å². The highest BCUT2D eigenvalue weighted by atomic mass is 35.5. The first-order chi connectivity index (χ1) is 14.4. The molecule has 7 nitrogen and oxygen atoms in total. The van der Waals surface area contributed by atoms with Crippen molar-refractivity contribution in [3.63, 3.8) is 0 Å². The Hall–Kier alpha value is -3.36. The second kappa shape index (κ2) is 9.43. The van der Waals surface area contributed by atoms with Gasteiger partial charge in [-0.05, 0) is 42.0 Å². The van der Waals surface area contributed by atoms with Crippen molar-refractivity contribution in [2.45, 2.75) is 0 Å². The molecule has 0 fully saturated rings. The smallest absolute Gasteiger partial charge is 0.267 e. The van der Waals surface area contributed by atoms with Gasteiger partial charge in [-0.15, -0.1) is 0 Å². The number of methoxy groups -OCH3 is 2. The van der Waals surface area contributed by atoms with E-state index in [4.69, 9.17) is 39.0 Å². The number of anilines is 2. The van der Waals surface area contributed by atoms with E-state index in [0.29, 0.717) is 32.9 Å². The van der Waals surface area contributed by atoms with Crippen LogP contribution in [-0.2, 0) is 0 Å². The number of nitrogens with one attached hydrogen (secondary N) is 2. The summed E-state index contributed by atoms with van der Waals surface area (Å²) in [6.07, 6.45) is 1.53. The van der Waals surface area contributed by atoms with Crippen molar-refractivity contribution in [2.24, 2.45) is 5.73 Å². The highest BCUT2D eigenvalue weighted by Gasteiger charge is 2.13. The van der Waals surface area contributed by atoms with Crippen molar-refractivity contribution >= 4 is 46.2 Å². The molecule has 0 saturated heterocycles. The molecular formula is C21H19ClN4O3S. The molecule has 0 aliphatic carbocycles. The molecule has 1 heterocycles. The Bertz CT molecular complexity index is 1090. The molecule has 0 radical (unpaired) electrons. The Morgan fingerprint density at radius 1 is 1.07 bits per heavy atom. The van der Waals surface area contributed by atoms with Gasteiger partial charge in [0.15, 0.2) is 5.11 Å². The maximum atomic E-state index is 11.6. The lowest BCUT2D eigenvalue weighted by Gasteiger charge is -2.15. The van der Waals surface area contributed by atoms with Gasteiger partial charge < -0.3 is 25.8 Å². The van der Waals surface area contributed by atoms with Crippen LogP contribution in [0, 0.1) is 0 Å². The lowest BCUT2D eigenvalue weighted by atomic mass is 10.0. The number of aromatic nitrogens is 1. The summed E-state index contributed by atoms with van der Waals surface area (Å²) in [5.41, 5.74) is 8.45. The number of primary amides is 1. The summed E-state index contributed by atoms with van der Waals surface area (Å²) in [5.74, 6) is 0.454. The molecule has 0 unspecified atom stereocenters. The monoisotopic (exact) mass is 442 g/mol. The van der Waals surface area contributed by atoms with Crippen LogP contribution < -0.4 is 25.8 Å². The Morgan fingerprint density at radius 2 is 1.77 bits per heavy atom. The van der Waals surface area contributed by atoms with E-state index >= 15 is 0 Å². The molecule has 3 aromatic rings. The third kappa shape index (κ3) is 4.79. The van der Waals surface area contributed by atoms with Crippen LogP contribution in [0.3, 0.4) is 0 Å². The van der Waals surface area contributed by atoms with Gasteiger partial charge in [0, 0.05) is 23.5 Å². The van der Waals surface area contributed by atoms with Gasteiger partial charge in [0.05, 0.1) is 24.9 Å². The molecule has 2 aromatic carbocycles. The minimum atomic E-state index is -0.578. The highest BCUT2D eigenvalue weighted by molar-refractivity contribution is 7.80. The fourth-order valence-corrected chi connectivity index (χ4v) is 3.28. The molecule has 0 bridgehead atoms. The number of halogens is 1. The zero-order valence-electron chi connectivity index (χ0n) is 16.2. The van der Waals surface area contributed by atoms with Gasteiger partial charge in [-0.2, -0.15) is 0 Å². The topological polar surface area (TPSA) is 98.5 Å². The number of hydrogen-bond donors (Lipinski definition) is 3. The van der Waals surface area contributed by atoms with Gasteiger partial charge in [-0.25, -0.2) is 0 Å². The van der Waals surface area contributed by atoms with Crippen molar-refractivity contribution in [3.05, 3.63) is 65.4 Å². The van der Waals surface area contributed by atoms with Gasteiger partial charge in [-0.3, -0.25) is 9.78 Å². The minimum absolute atomic E-state index is 0.221. The van der Waals surface area contributed by atoms with E-state index in [9.17, 15) is 4.79 Å². The molecule has 0 spiro atoms. The number of nitrogens with zero attached hydrogens (tertiary/aromatic N) is 1. The van der Waals surface area contributed by atoms with E-state index < -0.39 is 5.91 Å². The maximum absolute atomic E-state index is 11.6. The fourth-order valence-electron chi connectivity index (χ4n) is 2.81. The lowest BCUT2D eigenvalue weighted by Crippen LogP contribution is -2.19. The molecule has 1 aromatic heterocycles. The van der Waals surface area contributed by atoms with Gasteiger partial charge >= 0.3 is 0 Å². The number of carbonyl (C=O) groups excluding carboxylic acids is 1. The van der Waals surface area contributed by atoms with Crippen LogP contribution in [-0.4, -0.2) is 30.2 Å². The van der Waals surface area contributed by atoms with E-state index in [1.807, 2.05) is 24.3 Å². The fraction of sp³-hybridized carbons (Fsp3) is 0.0952. The number of hydrogen-bond acceptors (Lipinski definition) is 5. The summed E-state index contributed by atoms with van der Waals surface area (Å²) >= 11 is 11.6. The predicted octanol–water partition coefficient (Wildman–Crippen LogP) is 4.33. The van der Waals surface area contributed by atoms with E-state index in [1.165, 1.54) is 13.3 Å². The third-order valence-corrected chi connectivity index (χ3v) is 4.72. The molecule has 0 saturated carbocycles. The van der Waals surface area contributed by atoms with Gasteiger partial charge in [0.25, 0.3) is 5.91 Å². The van der Waals surface area contributed by atoms with E-state index in [2.05, 4.69) is 15.6 Å². The Labute approximate surface area is 184 Å². The molecule has 3 rings (SSSR count). The summed E-state index contributed by atoms with van der Waals surface area (Å²) in [6.45, 7) is 0. The second-order valence-corrected chi connectivity index (χ2v) is 6.92. The molecule has 0 aliphatic heterocycles. The van der Waals surface area contributed by atoms with Gasteiger partial charge in [0.2, 0.25) is 0 Å². The first-order valence-electron chi connectivity index (χ1n) is 8.77. The average Bonchev–Trinajstić information content (AvgIpc) is 2.74. The third-order valence-electron chi connectivity index (χ3n) is 4.22. The molecule has 9 heteroatoms. The molecular weight excluding hydrogens is 424 g/mol. The lowest BCUT2D eigenvalue weighted by molar-refractivity contribution is 0.0996. The number of pyridine rings is 1. The first kappa shape index (κ1) is 21.4. The standard InChI is InChI=1S/C21H19ClN4O3S/c1-28-17-11-18(29-2)16(10-15(17)22)26-21(30)25-13-7-5-12(6-8-13)14-4-3-9-24-19(14)20(23)27/h3-11H,1-2H3,(H2,23,27)(H2,25,26,30). The van der Waals surface area contributed by atoms with Crippen molar-refractivity contribution in [1.82, 2.24) is 4.98 Å². The van der Waals surface area contributed by atoms with Gasteiger partial charge in [-0.1, -0.05) is 29.8 Å². The summed E-state index contributed by atoms with van der Waals surface area (Å²) in [6, 6.07) is 14.2. The van der Waals surface area contributed by atoms with Crippen molar-refractivity contribution in [3.8, 4) is 22.6 Å². The maximum Gasteiger partial charge on any atom is 0.267 e. The minimum Gasteiger partial charge on any atom is -0.495 e. The average molecular weight is 443 g/mol. The summed E-state index contributed by atoms with van der Waals surface area (Å²) < 4.78 is 10.5. The van der Waals surface area contributed by atoms with Crippen molar-refractivity contribution in [1.29, 1.82) is 0 Å². The molecule has 0 atom stereocenters. The zero-order chi connectivity index (χ0) is 21.7. The van der Waals surface area contributed by atoms with Crippen LogP contribution in [0.4, 0.5) is 11.4 Å². The SMILES string of the molecule is COc1cc(OC)c(NC(=S)Nc2ccc(-c3cccnc3C(N)=O)cc2)cc1Cl. The second-order valence-electron chi connectivity index (χ2n) is 6.11. The molecule has 0 aliphatic rings. The number of amides is 1. The highest BCUT2D eigenvalue weighted by Crippen LogP contribution is 2.36. The van der Waals surface area contributed by atoms with Crippen LogP contribution in [0.2, 0.25) is 5.02 Å². The summed E-state index contributed by atoms with van der Waals surface area (Å²) in [4.78, 5) is 15.6. The van der Waals surface area contributed by atoms with Gasteiger partial charge in [0.1, 0.15) is 17.2 Å². The Kier molecular flexibility index (Phi) is 6.71. The summed E-state index contributed by atoms with van der Waals surface area (Å²) in [5, 5.41) is 6.92. The number of thiocarbonyl (C=S) groups is 1. The van der Waals surface area contributed by atoms with Crippen molar-refractivity contribution < 1.29 is 14.3 Å². The number of nitrogens with two attached hydrogens (primary N) is 1. The van der Waals surface area contributed by atoms with Crippen LogP contribution in [0.1, 0.15) is 10.5 Å². The molecule has 30 heavy (non-hydrogen) atoms. The number of benzene rings is 2. The van der Waals surface area contributed by atoms with Crippen LogP contribution in [0.5, 0.6) is 11.5 Å². The largest absolute Gasteiger partial charge is 0.495 e. The quantitative estimate of drug-likeness (QED) is 0.489. The summed E-state index contributed by atoms with van der Waals surface area (Å²) in [7, 11) is 3.07. The zero-order valence-corrected chi connectivity index (χ0v) is 17.8. The molecule has 1 amide bonds. The number of ether oxygens (including phenoxy) is 2. The van der Waals surface area contributed by atoms with E-state index in [-0.39, 0.29) is 5.69 Å². The number of carbonyl (C=O) groups is 1. The van der Waals surface area contributed by atoms with Crippen molar-refractivity contribution in [2.75, 3.05) is 24.9 Å².